The standard InChI is InChI=1S/C9H11N5/c1-2-3-4-14-6-13-7-8(10)11-5-12-9(7)14/h3-6H,2H2,1H3,(H2,10,11,12)/b4-3+. The summed E-state index contributed by atoms with van der Waals surface area (Å²) in [6.07, 6.45) is 8.04. The lowest BCUT2D eigenvalue weighted by atomic mass is 10.4. The van der Waals surface area contributed by atoms with Gasteiger partial charge in [-0.2, -0.15) is 0 Å². The van der Waals surface area contributed by atoms with Crippen molar-refractivity contribution in [3.8, 4) is 0 Å². The predicted octanol–water partition coefficient (Wildman–Crippen LogP) is 1.29. The van der Waals surface area contributed by atoms with Crippen LogP contribution in [-0.2, 0) is 0 Å². The van der Waals surface area contributed by atoms with Gasteiger partial charge < -0.3 is 5.73 Å². The number of nitrogen functional groups attached to an aromatic ring is 1. The summed E-state index contributed by atoms with van der Waals surface area (Å²) in [5.41, 5.74) is 7.03. The molecular formula is C9H11N5. The summed E-state index contributed by atoms with van der Waals surface area (Å²) in [6.45, 7) is 2.07. The number of nitrogens with zero attached hydrogens (tertiary/aromatic N) is 4. The Labute approximate surface area is 81.3 Å². The van der Waals surface area contributed by atoms with Crippen molar-refractivity contribution in [2.45, 2.75) is 13.3 Å². The molecule has 0 aromatic carbocycles. The van der Waals surface area contributed by atoms with Gasteiger partial charge in [-0.1, -0.05) is 13.0 Å². The van der Waals surface area contributed by atoms with E-state index >= 15 is 0 Å². The van der Waals surface area contributed by atoms with Gasteiger partial charge in [0.15, 0.2) is 17.0 Å². The van der Waals surface area contributed by atoms with Crippen molar-refractivity contribution >= 4 is 23.2 Å². The first-order valence-electron chi connectivity index (χ1n) is 4.42. The first kappa shape index (κ1) is 8.68. The summed E-state index contributed by atoms with van der Waals surface area (Å²) >= 11 is 0. The molecule has 0 aliphatic rings. The quantitative estimate of drug-likeness (QED) is 0.772. The third-order valence-electron chi connectivity index (χ3n) is 1.89. The minimum atomic E-state index is 0.415. The van der Waals surface area contributed by atoms with Crippen LogP contribution >= 0.6 is 0 Å². The molecule has 2 heterocycles. The number of rotatable bonds is 2. The maximum atomic E-state index is 5.65. The van der Waals surface area contributed by atoms with Crippen LogP contribution in [-0.4, -0.2) is 19.5 Å². The van der Waals surface area contributed by atoms with Gasteiger partial charge in [0.2, 0.25) is 0 Å². The summed E-state index contributed by atoms with van der Waals surface area (Å²) < 4.78 is 1.83. The molecule has 0 aliphatic carbocycles. The highest BCUT2D eigenvalue weighted by atomic mass is 15.1. The molecule has 0 unspecified atom stereocenters. The van der Waals surface area contributed by atoms with Crippen LogP contribution in [0.4, 0.5) is 5.82 Å². The SMILES string of the molecule is CC/C=C/n1cnc2c(N)ncnc21. The number of fused-ring (bicyclic) bond motifs is 1. The molecule has 72 valence electrons. The molecule has 2 N–H and O–H groups in total. The number of anilines is 1. The van der Waals surface area contributed by atoms with Gasteiger partial charge in [-0.05, 0) is 6.42 Å². The molecule has 0 atom stereocenters. The first-order chi connectivity index (χ1) is 6.83. The molecular weight excluding hydrogens is 178 g/mol. The van der Waals surface area contributed by atoms with E-state index in [2.05, 4.69) is 21.9 Å². The van der Waals surface area contributed by atoms with E-state index in [1.165, 1.54) is 6.33 Å². The molecule has 14 heavy (non-hydrogen) atoms. The second kappa shape index (κ2) is 3.45. The Morgan fingerprint density at radius 2 is 2.29 bits per heavy atom. The predicted molar refractivity (Wildman–Crippen MR) is 55.4 cm³/mol. The van der Waals surface area contributed by atoms with Crippen molar-refractivity contribution in [1.82, 2.24) is 19.5 Å². The Bertz CT molecular complexity index is 471. The summed E-state index contributed by atoms with van der Waals surface area (Å²) in [6, 6.07) is 0. The van der Waals surface area contributed by atoms with Crippen molar-refractivity contribution in [1.29, 1.82) is 0 Å². The van der Waals surface area contributed by atoms with Gasteiger partial charge in [-0.25, -0.2) is 15.0 Å². The molecule has 2 aromatic heterocycles. The zero-order valence-electron chi connectivity index (χ0n) is 7.88. The number of aromatic nitrogens is 4. The fourth-order valence-corrected chi connectivity index (χ4v) is 1.20. The smallest absolute Gasteiger partial charge is 0.169 e. The third-order valence-corrected chi connectivity index (χ3v) is 1.89. The summed E-state index contributed by atoms with van der Waals surface area (Å²) in [4.78, 5) is 12.1. The average Bonchev–Trinajstić information content (AvgIpc) is 2.60. The minimum Gasteiger partial charge on any atom is -0.382 e. The van der Waals surface area contributed by atoms with E-state index in [1.807, 2.05) is 16.8 Å². The van der Waals surface area contributed by atoms with Gasteiger partial charge in [0.05, 0.1) is 0 Å². The Kier molecular flexibility index (Phi) is 2.14. The van der Waals surface area contributed by atoms with Crippen LogP contribution in [0.1, 0.15) is 13.3 Å². The van der Waals surface area contributed by atoms with Gasteiger partial charge >= 0.3 is 0 Å². The van der Waals surface area contributed by atoms with Crippen LogP contribution in [0.2, 0.25) is 0 Å². The van der Waals surface area contributed by atoms with Crippen molar-refractivity contribution in [3.63, 3.8) is 0 Å². The van der Waals surface area contributed by atoms with Crippen LogP contribution in [0.3, 0.4) is 0 Å². The summed E-state index contributed by atoms with van der Waals surface area (Å²) in [5.74, 6) is 0.415. The van der Waals surface area contributed by atoms with E-state index < -0.39 is 0 Å². The van der Waals surface area contributed by atoms with Crippen molar-refractivity contribution in [2.75, 3.05) is 5.73 Å². The summed E-state index contributed by atoms with van der Waals surface area (Å²) in [5, 5.41) is 0. The average molecular weight is 189 g/mol. The van der Waals surface area contributed by atoms with Gasteiger partial charge in [-0.15, -0.1) is 0 Å². The zero-order valence-corrected chi connectivity index (χ0v) is 7.88. The molecule has 5 nitrogen and oxygen atoms in total. The van der Waals surface area contributed by atoms with E-state index in [1.54, 1.807) is 6.33 Å². The molecule has 0 saturated heterocycles. The maximum Gasteiger partial charge on any atom is 0.169 e. The van der Waals surface area contributed by atoms with E-state index in [0.717, 1.165) is 12.1 Å². The molecule has 5 heteroatoms. The number of allylic oxidation sites excluding steroid dienone is 1. The fraction of sp³-hybridized carbons (Fsp3) is 0.222. The van der Waals surface area contributed by atoms with Crippen molar-refractivity contribution < 1.29 is 0 Å². The number of hydrogen-bond donors (Lipinski definition) is 1. The van der Waals surface area contributed by atoms with Gasteiger partial charge in [0.25, 0.3) is 0 Å². The van der Waals surface area contributed by atoms with E-state index in [9.17, 15) is 0 Å². The maximum absolute atomic E-state index is 5.65. The summed E-state index contributed by atoms with van der Waals surface area (Å²) in [7, 11) is 0. The molecule has 0 spiro atoms. The minimum absolute atomic E-state index is 0.415. The lowest BCUT2D eigenvalue weighted by Crippen LogP contribution is -1.94. The van der Waals surface area contributed by atoms with Gasteiger partial charge in [0, 0.05) is 6.20 Å². The monoisotopic (exact) mass is 189 g/mol. The molecule has 2 aromatic rings. The van der Waals surface area contributed by atoms with Crippen LogP contribution in [0.15, 0.2) is 18.7 Å². The van der Waals surface area contributed by atoms with E-state index in [-0.39, 0.29) is 0 Å². The molecule has 0 amide bonds. The number of hydrogen-bond acceptors (Lipinski definition) is 4. The highest BCUT2D eigenvalue weighted by Gasteiger charge is 2.04. The van der Waals surface area contributed by atoms with Crippen LogP contribution in [0, 0.1) is 0 Å². The zero-order chi connectivity index (χ0) is 9.97. The van der Waals surface area contributed by atoms with Gasteiger partial charge in [-0.3, -0.25) is 4.57 Å². The largest absolute Gasteiger partial charge is 0.382 e. The molecule has 2 rings (SSSR count). The Hall–Kier alpha value is -1.91. The molecule has 0 aliphatic heterocycles. The molecule has 0 radical (unpaired) electrons. The Balaban J connectivity index is 2.58. The Morgan fingerprint density at radius 1 is 1.43 bits per heavy atom. The second-order valence-corrected chi connectivity index (χ2v) is 2.88. The van der Waals surface area contributed by atoms with E-state index in [0.29, 0.717) is 11.3 Å². The second-order valence-electron chi connectivity index (χ2n) is 2.88. The normalized spacial score (nSPS) is 11.5. The molecule has 0 saturated carbocycles. The highest BCUT2D eigenvalue weighted by Crippen LogP contribution is 2.14. The fourth-order valence-electron chi connectivity index (χ4n) is 1.20. The van der Waals surface area contributed by atoms with Crippen molar-refractivity contribution in [3.05, 3.63) is 18.7 Å². The van der Waals surface area contributed by atoms with Crippen LogP contribution in [0.25, 0.3) is 17.4 Å². The molecule has 0 bridgehead atoms. The lowest BCUT2D eigenvalue weighted by Gasteiger charge is -1.95. The number of nitrogens with two attached hydrogens (primary N) is 1. The van der Waals surface area contributed by atoms with E-state index in [4.69, 9.17) is 5.73 Å². The molecule has 0 fully saturated rings. The lowest BCUT2D eigenvalue weighted by molar-refractivity contribution is 1.11. The van der Waals surface area contributed by atoms with Crippen LogP contribution < -0.4 is 5.73 Å². The first-order valence-corrected chi connectivity index (χ1v) is 4.42. The third kappa shape index (κ3) is 1.32. The number of imidazole rings is 1. The van der Waals surface area contributed by atoms with Gasteiger partial charge in [0.1, 0.15) is 12.7 Å². The topological polar surface area (TPSA) is 69.6 Å². The van der Waals surface area contributed by atoms with Crippen molar-refractivity contribution in [2.24, 2.45) is 0 Å². The Morgan fingerprint density at radius 3 is 3.07 bits per heavy atom. The highest BCUT2D eigenvalue weighted by molar-refractivity contribution is 5.82. The van der Waals surface area contributed by atoms with Crippen LogP contribution in [0.5, 0.6) is 0 Å².